The molecule has 2 heterocycles. The molecule has 6 heteroatoms. The van der Waals surface area contributed by atoms with Crippen molar-refractivity contribution < 1.29 is 5.11 Å². The number of aromatic nitrogens is 2. The van der Waals surface area contributed by atoms with Crippen LogP contribution in [-0.2, 0) is 0 Å². The predicted octanol–water partition coefficient (Wildman–Crippen LogP) is 3.70. The van der Waals surface area contributed by atoms with E-state index >= 15 is 0 Å². The lowest BCUT2D eigenvalue weighted by molar-refractivity contribution is 0.00497. The molecule has 108 valence electrons. The third kappa shape index (κ3) is 2.90. The average Bonchev–Trinajstić information content (AvgIpc) is 2.88. The monoisotopic (exact) mass is 311 g/mol. The molecule has 0 radical (unpaired) electrons. The molecule has 2 aromatic rings. The molecular formula is C14H18ClN3OS. The molecule has 0 aliphatic heterocycles. The van der Waals surface area contributed by atoms with Crippen molar-refractivity contribution in [1.82, 2.24) is 9.97 Å². The maximum Gasteiger partial charge on any atom is 0.225 e. The van der Waals surface area contributed by atoms with Gasteiger partial charge >= 0.3 is 0 Å². The number of rotatable bonds is 3. The van der Waals surface area contributed by atoms with Gasteiger partial charge in [0.1, 0.15) is 10.6 Å². The van der Waals surface area contributed by atoms with Crippen molar-refractivity contribution in [2.24, 2.45) is 5.92 Å². The summed E-state index contributed by atoms with van der Waals surface area (Å²) in [4.78, 5) is 9.30. The number of aliphatic hydroxyl groups is 1. The van der Waals surface area contributed by atoms with E-state index in [2.05, 4.69) is 22.2 Å². The molecule has 1 aliphatic rings. The quantitative estimate of drug-likeness (QED) is 0.849. The van der Waals surface area contributed by atoms with Crippen molar-refractivity contribution in [2.45, 2.75) is 38.2 Å². The molecule has 2 N–H and O–H groups in total. The molecule has 1 fully saturated rings. The van der Waals surface area contributed by atoms with Crippen molar-refractivity contribution in [3.05, 3.63) is 16.7 Å². The van der Waals surface area contributed by atoms with Crippen LogP contribution in [0.1, 0.15) is 32.6 Å². The number of nitrogens with one attached hydrogen (secondary N) is 1. The molecule has 0 bridgehead atoms. The van der Waals surface area contributed by atoms with E-state index in [1.807, 2.05) is 11.4 Å². The molecule has 4 nitrogen and oxygen atoms in total. The number of anilines is 1. The first-order chi connectivity index (χ1) is 9.56. The van der Waals surface area contributed by atoms with Gasteiger partial charge in [-0.3, -0.25) is 0 Å². The number of nitrogens with zero attached hydrogens (tertiary/aromatic N) is 2. The Morgan fingerprint density at radius 2 is 2.20 bits per heavy atom. The molecule has 1 aliphatic carbocycles. The maximum atomic E-state index is 10.6. The van der Waals surface area contributed by atoms with Crippen LogP contribution in [0.25, 0.3) is 10.2 Å². The summed E-state index contributed by atoms with van der Waals surface area (Å²) in [5.74, 6) is 1.43. The highest BCUT2D eigenvalue weighted by atomic mass is 35.5. The molecule has 0 atom stereocenters. The van der Waals surface area contributed by atoms with E-state index in [4.69, 9.17) is 11.6 Å². The summed E-state index contributed by atoms with van der Waals surface area (Å²) in [6, 6.07) is 1.98. The summed E-state index contributed by atoms with van der Waals surface area (Å²) < 4.78 is 0. The third-order valence-electron chi connectivity index (χ3n) is 4.09. The molecule has 0 amide bonds. The molecule has 2 aromatic heterocycles. The molecule has 3 rings (SSSR count). The Labute approximate surface area is 127 Å². The first kappa shape index (κ1) is 14.0. The molecule has 20 heavy (non-hydrogen) atoms. The summed E-state index contributed by atoms with van der Waals surface area (Å²) >= 11 is 7.48. The molecule has 1 saturated carbocycles. The minimum atomic E-state index is -0.633. The first-order valence-corrected chi connectivity index (χ1v) is 8.18. The van der Waals surface area contributed by atoms with E-state index in [1.165, 1.54) is 11.3 Å². The van der Waals surface area contributed by atoms with Crippen LogP contribution < -0.4 is 5.32 Å². The van der Waals surface area contributed by atoms with Gasteiger partial charge in [0, 0.05) is 6.54 Å². The summed E-state index contributed by atoms with van der Waals surface area (Å²) in [7, 11) is 0. The normalized spacial score (nSPS) is 26.9. The maximum absolute atomic E-state index is 10.6. The lowest BCUT2D eigenvalue weighted by atomic mass is 9.79. The minimum Gasteiger partial charge on any atom is -0.388 e. The molecule has 0 spiro atoms. The highest BCUT2D eigenvalue weighted by Gasteiger charge is 2.31. The second-order valence-corrected chi connectivity index (χ2v) is 6.97. The van der Waals surface area contributed by atoms with Crippen LogP contribution in [0.15, 0.2) is 11.4 Å². The van der Waals surface area contributed by atoms with Gasteiger partial charge in [-0.25, -0.2) is 9.97 Å². The van der Waals surface area contributed by atoms with Crippen molar-refractivity contribution in [3.63, 3.8) is 0 Å². The van der Waals surface area contributed by atoms with Crippen LogP contribution in [0, 0.1) is 5.92 Å². The Kier molecular flexibility index (Phi) is 3.84. The van der Waals surface area contributed by atoms with Crippen LogP contribution in [0.2, 0.25) is 5.28 Å². The summed E-state index contributed by atoms with van der Waals surface area (Å²) in [6.45, 7) is 2.75. The van der Waals surface area contributed by atoms with Gasteiger partial charge in [0.05, 0.1) is 11.0 Å². The van der Waals surface area contributed by atoms with Crippen molar-refractivity contribution >= 4 is 39.0 Å². The van der Waals surface area contributed by atoms with Crippen molar-refractivity contribution in [3.8, 4) is 0 Å². The Hall–Kier alpha value is -0.910. The largest absolute Gasteiger partial charge is 0.388 e. The smallest absolute Gasteiger partial charge is 0.225 e. The highest BCUT2D eigenvalue weighted by Crippen LogP contribution is 2.33. The zero-order chi connectivity index (χ0) is 14.2. The fourth-order valence-corrected chi connectivity index (χ4v) is 3.67. The van der Waals surface area contributed by atoms with E-state index in [0.717, 1.165) is 35.9 Å². The zero-order valence-electron chi connectivity index (χ0n) is 11.4. The highest BCUT2D eigenvalue weighted by molar-refractivity contribution is 7.16. The lowest BCUT2D eigenvalue weighted by Gasteiger charge is -2.35. The number of fused-ring (bicyclic) bond motifs is 1. The van der Waals surface area contributed by atoms with E-state index in [9.17, 15) is 5.11 Å². The topological polar surface area (TPSA) is 58.0 Å². The molecule has 0 unspecified atom stereocenters. The van der Waals surface area contributed by atoms with E-state index in [0.29, 0.717) is 18.3 Å². The Bertz CT molecular complexity index is 607. The minimum absolute atomic E-state index is 0.242. The van der Waals surface area contributed by atoms with Gasteiger partial charge in [-0.1, -0.05) is 6.92 Å². The van der Waals surface area contributed by atoms with E-state index in [1.54, 1.807) is 0 Å². The number of hydrogen-bond donors (Lipinski definition) is 2. The van der Waals surface area contributed by atoms with Gasteiger partial charge in [0.15, 0.2) is 0 Å². The van der Waals surface area contributed by atoms with Gasteiger partial charge in [0.2, 0.25) is 5.28 Å². The standard InChI is InChI=1S/C14H18ClN3OS/c1-9-2-5-14(19,6-3-9)8-16-11-10-4-7-20-12(10)18-13(15)17-11/h4,7,9,19H,2-3,5-6,8H2,1H3,(H,16,17,18). The Balaban J connectivity index is 1.75. The SMILES string of the molecule is CC1CCC(O)(CNc2nc(Cl)nc3sccc23)CC1. The van der Waals surface area contributed by atoms with E-state index in [-0.39, 0.29) is 5.28 Å². The second-order valence-electron chi connectivity index (χ2n) is 5.74. The van der Waals surface area contributed by atoms with Crippen LogP contribution in [0.4, 0.5) is 5.82 Å². The second kappa shape index (κ2) is 5.47. The van der Waals surface area contributed by atoms with Crippen molar-refractivity contribution in [1.29, 1.82) is 0 Å². The van der Waals surface area contributed by atoms with Gasteiger partial charge in [-0.15, -0.1) is 11.3 Å². The summed E-state index contributed by atoms with van der Waals surface area (Å²) in [6.07, 6.45) is 3.84. The number of hydrogen-bond acceptors (Lipinski definition) is 5. The van der Waals surface area contributed by atoms with Crippen LogP contribution in [-0.4, -0.2) is 27.2 Å². The van der Waals surface area contributed by atoms with Crippen LogP contribution in [0.5, 0.6) is 0 Å². The Morgan fingerprint density at radius 3 is 2.95 bits per heavy atom. The van der Waals surface area contributed by atoms with Gasteiger partial charge in [0.25, 0.3) is 0 Å². The number of thiophene rings is 1. The van der Waals surface area contributed by atoms with Gasteiger partial charge < -0.3 is 10.4 Å². The zero-order valence-corrected chi connectivity index (χ0v) is 13.0. The van der Waals surface area contributed by atoms with E-state index < -0.39 is 5.60 Å². The fraction of sp³-hybridized carbons (Fsp3) is 0.571. The predicted molar refractivity (Wildman–Crippen MR) is 83.5 cm³/mol. The average molecular weight is 312 g/mol. The molecular weight excluding hydrogens is 294 g/mol. The van der Waals surface area contributed by atoms with Crippen molar-refractivity contribution in [2.75, 3.05) is 11.9 Å². The Morgan fingerprint density at radius 1 is 1.45 bits per heavy atom. The summed E-state index contributed by atoms with van der Waals surface area (Å²) in [5, 5.41) is 17.0. The first-order valence-electron chi connectivity index (χ1n) is 6.93. The van der Waals surface area contributed by atoms with Crippen LogP contribution >= 0.6 is 22.9 Å². The number of halogens is 1. The fourth-order valence-electron chi connectivity index (χ4n) is 2.69. The molecule has 0 aromatic carbocycles. The summed E-state index contributed by atoms with van der Waals surface area (Å²) in [5.41, 5.74) is -0.633. The van der Waals surface area contributed by atoms with Gasteiger partial charge in [-0.05, 0) is 54.6 Å². The lowest BCUT2D eigenvalue weighted by Crippen LogP contribution is -2.40. The van der Waals surface area contributed by atoms with Gasteiger partial charge in [-0.2, -0.15) is 0 Å². The van der Waals surface area contributed by atoms with Crippen LogP contribution in [0.3, 0.4) is 0 Å². The molecule has 0 saturated heterocycles. The third-order valence-corrected chi connectivity index (χ3v) is 5.06.